The maximum Gasteiger partial charge on any atom is 0.390 e. The Morgan fingerprint density at radius 2 is 1.93 bits per heavy atom. The third-order valence-electron chi connectivity index (χ3n) is 4.85. The quantitative estimate of drug-likeness (QED) is 0.705. The lowest BCUT2D eigenvalue weighted by Crippen LogP contribution is -2.25. The van der Waals surface area contributed by atoms with E-state index < -0.39 is 18.5 Å². The van der Waals surface area contributed by atoms with E-state index >= 15 is 0 Å². The van der Waals surface area contributed by atoms with Crippen LogP contribution in [0.4, 0.5) is 13.2 Å². The number of aryl methyl sites for hydroxylation is 2. The smallest absolute Gasteiger partial charge is 0.390 e. The maximum atomic E-state index is 13.5. The summed E-state index contributed by atoms with van der Waals surface area (Å²) in [7, 11) is 1.67. The van der Waals surface area contributed by atoms with Crippen LogP contribution in [-0.2, 0) is 7.05 Å². The monoisotopic (exact) mass is 414 g/mol. The molecule has 1 aliphatic rings. The molecule has 0 radical (unpaired) electrons. The number of nitrogens with zero attached hydrogens (tertiary/aromatic N) is 5. The largest absolute Gasteiger partial charge is 0.422 e. The molecule has 0 spiro atoms. The first-order valence-electron chi connectivity index (χ1n) is 9.03. The molecule has 0 aliphatic carbocycles. The number of nitrogens with two attached hydrogens (primary N) is 1. The van der Waals surface area contributed by atoms with Crippen molar-refractivity contribution in [1.82, 2.24) is 19.6 Å². The number of para-hydroxylation sites is 1. The van der Waals surface area contributed by atoms with Crippen molar-refractivity contribution in [3.63, 3.8) is 0 Å². The molecular formula is C20H17F3N6O. The summed E-state index contributed by atoms with van der Waals surface area (Å²) in [5.41, 5.74) is 7.76. The minimum Gasteiger partial charge on any atom is -0.422 e. The number of halogens is 3. The standard InChI is InChI=1S/C20H17F3N6O/c1-11-8-15(28(2)26-11)17-16-13(9-20(21,22)23)14(10-24)18(25)30-19(16)29(27-17)12-6-4-3-5-7-12/h3-8,13H,9,25H2,1-2H3. The lowest BCUT2D eigenvalue weighted by molar-refractivity contribution is -0.137. The number of alkyl halides is 3. The number of hydrogen-bond donors (Lipinski definition) is 1. The van der Waals surface area contributed by atoms with E-state index in [2.05, 4.69) is 10.2 Å². The average Bonchev–Trinajstić information content (AvgIpc) is 3.20. The van der Waals surface area contributed by atoms with Crippen molar-refractivity contribution in [2.75, 3.05) is 0 Å². The zero-order chi connectivity index (χ0) is 21.6. The molecule has 30 heavy (non-hydrogen) atoms. The third-order valence-corrected chi connectivity index (χ3v) is 4.85. The van der Waals surface area contributed by atoms with Crippen LogP contribution >= 0.6 is 0 Å². The molecule has 2 N–H and O–H groups in total. The second-order valence-corrected chi connectivity index (χ2v) is 6.97. The van der Waals surface area contributed by atoms with Crippen LogP contribution in [0.3, 0.4) is 0 Å². The molecule has 3 heterocycles. The topological polar surface area (TPSA) is 94.7 Å². The molecule has 0 fully saturated rings. The number of rotatable bonds is 3. The first kappa shape index (κ1) is 19.6. The Labute approximate surface area is 169 Å². The Kier molecular flexibility index (Phi) is 4.53. The van der Waals surface area contributed by atoms with Gasteiger partial charge in [-0.15, -0.1) is 0 Å². The first-order valence-corrected chi connectivity index (χ1v) is 9.03. The Bertz CT molecular complexity index is 1180. The van der Waals surface area contributed by atoms with Crippen molar-refractivity contribution < 1.29 is 17.9 Å². The molecule has 3 aromatic rings. The Morgan fingerprint density at radius 3 is 2.50 bits per heavy atom. The van der Waals surface area contributed by atoms with Crippen LogP contribution in [0.25, 0.3) is 17.1 Å². The van der Waals surface area contributed by atoms with Gasteiger partial charge in [-0.05, 0) is 25.1 Å². The van der Waals surface area contributed by atoms with Gasteiger partial charge in [0, 0.05) is 13.0 Å². The van der Waals surface area contributed by atoms with Crippen LogP contribution in [0, 0.1) is 18.3 Å². The van der Waals surface area contributed by atoms with Crippen LogP contribution in [-0.4, -0.2) is 25.7 Å². The van der Waals surface area contributed by atoms with Crippen LogP contribution in [0.1, 0.15) is 23.6 Å². The summed E-state index contributed by atoms with van der Waals surface area (Å²) in [5, 5.41) is 18.4. The van der Waals surface area contributed by atoms with Gasteiger partial charge in [0.05, 0.1) is 34.6 Å². The van der Waals surface area contributed by atoms with Gasteiger partial charge in [0.25, 0.3) is 0 Å². The highest BCUT2D eigenvalue weighted by molar-refractivity contribution is 5.68. The number of fused-ring (bicyclic) bond motifs is 1. The molecule has 10 heteroatoms. The van der Waals surface area contributed by atoms with Gasteiger partial charge in [-0.2, -0.15) is 33.3 Å². The van der Waals surface area contributed by atoms with Crippen LogP contribution in [0.15, 0.2) is 47.9 Å². The highest BCUT2D eigenvalue weighted by atomic mass is 19.4. The molecule has 0 saturated carbocycles. The van der Waals surface area contributed by atoms with Gasteiger partial charge >= 0.3 is 6.18 Å². The molecule has 4 rings (SSSR count). The molecular weight excluding hydrogens is 397 g/mol. The summed E-state index contributed by atoms with van der Waals surface area (Å²) in [6, 6.07) is 12.3. The van der Waals surface area contributed by atoms with Crippen LogP contribution in [0.2, 0.25) is 0 Å². The van der Waals surface area contributed by atoms with Gasteiger partial charge in [-0.1, -0.05) is 18.2 Å². The summed E-state index contributed by atoms with van der Waals surface area (Å²) in [4.78, 5) is 0. The Balaban J connectivity index is 2.03. The summed E-state index contributed by atoms with van der Waals surface area (Å²) in [5.74, 6) is -1.65. The number of allylic oxidation sites excluding steroid dienone is 1. The maximum absolute atomic E-state index is 13.5. The van der Waals surface area contributed by atoms with Crippen molar-refractivity contribution in [2.24, 2.45) is 12.8 Å². The van der Waals surface area contributed by atoms with E-state index in [0.717, 1.165) is 0 Å². The highest BCUT2D eigenvalue weighted by Crippen LogP contribution is 2.48. The molecule has 1 aromatic carbocycles. The van der Waals surface area contributed by atoms with Crippen molar-refractivity contribution in [3.05, 3.63) is 59.1 Å². The van der Waals surface area contributed by atoms with E-state index in [1.165, 1.54) is 9.36 Å². The van der Waals surface area contributed by atoms with Crippen molar-refractivity contribution in [2.45, 2.75) is 25.4 Å². The second kappa shape index (κ2) is 6.95. The van der Waals surface area contributed by atoms with Gasteiger partial charge in [0.2, 0.25) is 11.8 Å². The molecule has 1 atom stereocenters. The third kappa shape index (κ3) is 3.28. The highest BCUT2D eigenvalue weighted by Gasteiger charge is 2.43. The van der Waals surface area contributed by atoms with Gasteiger partial charge in [-0.25, -0.2) is 0 Å². The van der Waals surface area contributed by atoms with Crippen molar-refractivity contribution in [1.29, 1.82) is 5.26 Å². The number of benzene rings is 1. The van der Waals surface area contributed by atoms with E-state index in [1.54, 1.807) is 56.4 Å². The second-order valence-electron chi connectivity index (χ2n) is 6.97. The fourth-order valence-corrected chi connectivity index (χ4v) is 3.64. The zero-order valence-electron chi connectivity index (χ0n) is 16.1. The van der Waals surface area contributed by atoms with Gasteiger partial charge in [0.15, 0.2) is 0 Å². The molecule has 0 bridgehead atoms. The molecule has 0 saturated heterocycles. The first-order chi connectivity index (χ1) is 14.2. The predicted octanol–water partition coefficient (Wildman–Crippen LogP) is 3.70. The Morgan fingerprint density at radius 1 is 1.23 bits per heavy atom. The van der Waals surface area contributed by atoms with Crippen LogP contribution in [0.5, 0.6) is 5.88 Å². The zero-order valence-corrected chi connectivity index (χ0v) is 16.1. The molecule has 0 amide bonds. The molecule has 7 nitrogen and oxygen atoms in total. The summed E-state index contributed by atoms with van der Waals surface area (Å²) >= 11 is 0. The van der Waals surface area contributed by atoms with E-state index in [4.69, 9.17) is 10.5 Å². The summed E-state index contributed by atoms with van der Waals surface area (Å²) in [6.45, 7) is 1.77. The SMILES string of the molecule is Cc1cc(-c2nn(-c3ccccc3)c3c2C(CC(F)(F)F)C(C#N)=C(N)O3)n(C)n1. The van der Waals surface area contributed by atoms with E-state index in [0.29, 0.717) is 17.1 Å². The van der Waals surface area contributed by atoms with Crippen molar-refractivity contribution >= 4 is 0 Å². The average molecular weight is 414 g/mol. The van der Waals surface area contributed by atoms with Gasteiger partial charge in [0.1, 0.15) is 11.8 Å². The Hall–Kier alpha value is -3.74. The van der Waals surface area contributed by atoms with Gasteiger partial charge in [-0.3, -0.25) is 4.68 Å². The number of nitriles is 1. The van der Waals surface area contributed by atoms with Crippen LogP contribution < -0.4 is 10.5 Å². The van der Waals surface area contributed by atoms with E-state index in [9.17, 15) is 18.4 Å². The fourth-order valence-electron chi connectivity index (χ4n) is 3.64. The van der Waals surface area contributed by atoms with E-state index in [-0.39, 0.29) is 28.6 Å². The summed E-state index contributed by atoms with van der Waals surface area (Å²) in [6.07, 6.45) is -5.80. The predicted molar refractivity (Wildman–Crippen MR) is 101 cm³/mol. The minimum atomic E-state index is -4.53. The molecule has 1 aliphatic heterocycles. The number of ether oxygens (including phenoxy) is 1. The fraction of sp³-hybridized carbons (Fsp3) is 0.250. The minimum absolute atomic E-state index is 0.0563. The molecule has 1 unspecified atom stereocenters. The molecule has 154 valence electrons. The summed E-state index contributed by atoms with van der Waals surface area (Å²) < 4.78 is 49.0. The van der Waals surface area contributed by atoms with Crippen molar-refractivity contribution in [3.8, 4) is 29.0 Å². The normalized spacial score (nSPS) is 16.2. The van der Waals surface area contributed by atoms with Gasteiger partial charge < -0.3 is 10.5 Å². The molecule has 2 aromatic heterocycles. The lowest BCUT2D eigenvalue weighted by atomic mass is 9.86. The number of hydrogen-bond acceptors (Lipinski definition) is 5. The van der Waals surface area contributed by atoms with E-state index in [1.807, 2.05) is 0 Å². The lowest BCUT2D eigenvalue weighted by Gasteiger charge is -2.25. The number of aromatic nitrogens is 4.